The van der Waals surface area contributed by atoms with Crippen molar-refractivity contribution in [3.8, 4) is 0 Å². The maximum absolute atomic E-state index is 5.77. The minimum absolute atomic E-state index is 0.0227. The van der Waals surface area contributed by atoms with E-state index in [1.54, 1.807) is 11.3 Å². The van der Waals surface area contributed by atoms with E-state index in [9.17, 15) is 0 Å². The Labute approximate surface area is 137 Å². The Balaban J connectivity index is 2.18. The molecule has 8 heteroatoms. The Bertz CT molecular complexity index is 579. The zero-order chi connectivity index (χ0) is 15.4. The lowest BCUT2D eigenvalue weighted by Gasteiger charge is -2.19. The summed E-state index contributed by atoms with van der Waals surface area (Å²) in [7, 11) is 4.10. The third-order valence-corrected chi connectivity index (χ3v) is 4.64. The van der Waals surface area contributed by atoms with Crippen molar-refractivity contribution in [2.24, 2.45) is 5.84 Å². The van der Waals surface area contributed by atoms with Gasteiger partial charge in [-0.1, -0.05) is 0 Å². The minimum Gasteiger partial charge on any atom is -0.308 e. The quantitative estimate of drug-likeness (QED) is 0.571. The zero-order valence-electron chi connectivity index (χ0n) is 12.5. The molecular formula is C13H21BrN6S. The van der Waals surface area contributed by atoms with Crippen LogP contribution in [0.2, 0.25) is 0 Å². The van der Waals surface area contributed by atoms with Gasteiger partial charge in [-0.3, -0.25) is 16.0 Å². The van der Waals surface area contributed by atoms with E-state index >= 15 is 0 Å². The minimum atomic E-state index is -0.0227. The van der Waals surface area contributed by atoms with E-state index in [1.807, 2.05) is 17.8 Å². The first-order chi connectivity index (χ1) is 10.0. The molecule has 2 aromatic rings. The van der Waals surface area contributed by atoms with Gasteiger partial charge in [-0.05, 0) is 36.9 Å². The standard InChI is InChI=1S/C13H21BrN6S/c1-9-17-10(8-21-9)6-12(18-15)13-11(14)7-16-20(13)5-4-19(2)3/h7-8,12,18H,4-6,15H2,1-3H3. The van der Waals surface area contributed by atoms with Crippen molar-refractivity contribution >= 4 is 27.3 Å². The van der Waals surface area contributed by atoms with E-state index in [0.29, 0.717) is 0 Å². The van der Waals surface area contributed by atoms with Gasteiger partial charge in [0.2, 0.25) is 0 Å². The molecule has 0 aromatic carbocycles. The van der Waals surface area contributed by atoms with Crippen LogP contribution in [0.1, 0.15) is 22.4 Å². The summed E-state index contributed by atoms with van der Waals surface area (Å²) >= 11 is 5.23. The smallest absolute Gasteiger partial charge is 0.0897 e. The second-order valence-corrected chi connectivity index (χ2v) is 7.10. The predicted octanol–water partition coefficient (Wildman–Crippen LogP) is 1.72. The summed E-state index contributed by atoms with van der Waals surface area (Å²) in [4.78, 5) is 6.64. The molecule has 2 rings (SSSR count). The van der Waals surface area contributed by atoms with Crippen LogP contribution in [0.4, 0.5) is 0 Å². The monoisotopic (exact) mass is 372 g/mol. The summed E-state index contributed by atoms with van der Waals surface area (Å²) < 4.78 is 2.96. The molecule has 0 saturated heterocycles. The number of hydrazine groups is 1. The molecule has 0 fully saturated rings. The first-order valence-electron chi connectivity index (χ1n) is 6.74. The van der Waals surface area contributed by atoms with E-state index in [1.165, 1.54) is 0 Å². The van der Waals surface area contributed by atoms with E-state index in [0.717, 1.165) is 40.4 Å². The first-order valence-corrected chi connectivity index (χ1v) is 8.41. The number of nitrogens with zero attached hydrogens (tertiary/aromatic N) is 4. The normalized spacial score (nSPS) is 13.0. The Hall–Kier alpha value is -0.800. The number of thiazole rings is 1. The van der Waals surface area contributed by atoms with Gasteiger partial charge < -0.3 is 4.90 Å². The summed E-state index contributed by atoms with van der Waals surface area (Å²) in [6.45, 7) is 3.76. The van der Waals surface area contributed by atoms with E-state index in [-0.39, 0.29) is 6.04 Å². The van der Waals surface area contributed by atoms with Gasteiger partial charge in [-0.2, -0.15) is 5.10 Å². The fourth-order valence-corrected chi connectivity index (χ4v) is 3.33. The van der Waals surface area contributed by atoms with Crippen LogP contribution >= 0.6 is 27.3 Å². The zero-order valence-corrected chi connectivity index (χ0v) is 14.9. The molecule has 21 heavy (non-hydrogen) atoms. The summed E-state index contributed by atoms with van der Waals surface area (Å²) in [5, 5.41) is 7.58. The lowest BCUT2D eigenvalue weighted by atomic mass is 10.1. The van der Waals surface area contributed by atoms with Crippen LogP contribution in [0.15, 0.2) is 16.0 Å². The highest BCUT2D eigenvalue weighted by Crippen LogP contribution is 2.26. The summed E-state index contributed by atoms with van der Waals surface area (Å²) in [5.74, 6) is 5.77. The van der Waals surface area contributed by atoms with Crippen molar-refractivity contribution in [2.45, 2.75) is 25.9 Å². The highest BCUT2D eigenvalue weighted by atomic mass is 79.9. The molecule has 0 aliphatic carbocycles. The van der Waals surface area contributed by atoms with Crippen LogP contribution in [0.25, 0.3) is 0 Å². The maximum Gasteiger partial charge on any atom is 0.0897 e. The fourth-order valence-electron chi connectivity index (χ4n) is 2.14. The van der Waals surface area contributed by atoms with Crippen LogP contribution < -0.4 is 11.3 Å². The maximum atomic E-state index is 5.77. The largest absolute Gasteiger partial charge is 0.308 e. The number of halogens is 1. The van der Waals surface area contributed by atoms with Crippen LogP contribution in [0.5, 0.6) is 0 Å². The SMILES string of the molecule is Cc1nc(CC(NN)c2c(Br)cnn2CCN(C)C)cs1. The number of nitrogens with one attached hydrogen (secondary N) is 1. The van der Waals surface area contributed by atoms with Gasteiger partial charge >= 0.3 is 0 Å². The number of hydrogen-bond donors (Lipinski definition) is 2. The third kappa shape index (κ3) is 4.33. The Kier molecular flexibility index (Phi) is 5.88. The predicted molar refractivity (Wildman–Crippen MR) is 89.1 cm³/mol. The third-order valence-electron chi connectivity index (χ3n) is 3.20. The van der Waals surface area contributed by atoms with Crippen LogP contribution in [-0.4, -0.2) is 40.3 Å². The molecular weight excluding hydrogens is 352 g/mol. The van der Waals surface area contributed by atoms with E-state index in [2.05, 4.69) is 55.8 Å². The van der Waals surface area contributed by atoms with Gasteiger partial charge in [0.05, 0.1) is 39.7 Å². The van der Waals surface area contributed by atoms with Crippen molar-refractivity contribution in [2.75, 3.05) is 20.6 Å². The van der Waals surface area contributed by atoms with Crippen LogP contribution in [0.3, 0.4) is 0 Å². The van der Waals surface area contributed by atoms with E-state index < -0.39 is 0 Å². The topological polar surface area (TPSA) is 72.0 Å². The Morgan fingerprint density at radius 2 is 2.29 bits per heavy atom. The van der Waals surface area contributed by atoms with Crippen molar-refractivity contribution < 1.29 is 0 Å². The molecule has 116 valence electrons. The van der Waals surface area contributed by atoms with Gasteiger partial charge in [0, 0.05) is 18.3 Å². The fraction of sp³-hybridized carbons (Fsp3) is 0.538. The molecule has 6 nitrogen and oxygen atoms in total. The molecule has 3 N–H and O–H groups in total. The highest BCUT2D eigenvalue weighted by Gasteiger charge is 2.20. The second-order valence-electron chi connectivity index (χ2n) is 5.19. The number of rotatable bonds is 7. The van der Waals surface area contributed by atoms with Gasteiger partial charge in [-0.25, -0.2) is 4.98 Å². The lowest BCUT2D eigenvalue weighted by molar-refractivity contribution is 0.361. The highest BCUT2D eigenvalue weighted by molar-refractivity contribution is 9.10. The van der Waals surface area contributed by atoms with Crippen molar-refractivity contribution in [3.63, 3.8) is 0 Å². The van der Waals surface area contributed by atoms with Gasteiger partial charge in [0.1, 0.15) is 0 Å². The van der Waals surface area contributed by atoms with Gasteiger partial charge in [-0.15, -0.1) is 11.3 Å². The summed E-state index contributed by atoms with van der Waals surface area (Å²) in [6, 6.07) is -0.0227. The van der Waals surface area contributed by atoms with Crippen LogP contribution in [-0.2, 0) is 13.0 Å². The Morgan fingerprint density at radius 1 is 1.52 bits per heavy atom. The second kappa shape index (κ2) is 7.46. The number of aromatic nitrogens is 3. The molecule has 0 saturated carbocycles. The molecule has 0 spiro atoms. The van der Waals surface area contributed by atoms with Crippen LogP contribution in [0, 0.1) is 6.92 Å². The van der Waals surface area contributed by atoms with Crippen molar-refractivity contribution in [3.05, 3.63) is 32.4 Å². The van der Waals surface area contributed by atoms with Crippen molar-refractivity contribution in [1.82, 2.24) is 25.1 Å². The summed E-state index contributed by atoms with van der Waals surface area (Å²) in [6.07, 6.45) is 2.56. The lowest BCUT2D eigenvalue weighted by Crippen LogP contribution is -2.32. The van der Waals surface area contributed by atoms with E-state index in [4.69, 9.17) is 5.84 Å². The molecule has 0 aliphatic rings. The van der Waals surface area contributed by atoms with Gasteiger partial charge in [0.15, 0.2) is 0 Å². The van der Waals surface area contributed by atoms with Gasteiger partial charge in [0.25, 0.3) is 0 Å². The molecule has 0 radical (unpaired) electrons. The molecule has 0 amide bonds. The molecule has 2 aromatic heterocycles. The molecule has 0 bridgehead atoms. The number of likely N-dealkylation sites (N-methyl/N-ethyl adjacent to an activating group) is 1. The molecule has 1 unspecified atom stereocenters. The van der Waals surface area contributed by atoms with Crippen molar-refractivity contribution in [1.29, 1.82) is 0 Å². The molecule has 1 atom stereocenters. The Morgan fingerprint density at radius 3 is 2.86 bits per heavy atom. The number of aryl methyl sites for hydroxylation is 1. The number of hydrogen-bond acceptors (Lipinski definition) is 6. The molecule has 2 heterocycles. The average Bonchev–Trinajstić information content (AvgIpc) is 3.00. The average molecular weight is 373 g/mol. The number of nitrogens with two attached hydrogens (primary N) is 1. The first kappa shape index (κ1) is 16.6. The molecule has 0 aliphatic heterocycles. The summed E-state index contributed by atoms with van der Waals surface area (Å²) in [5.41, 5.74) is 5.00.